The molecule has 0 spiro atoms. The van der Waals surface area contributed by atoms with E-state index in [9.17, 15) is 21.6 Å². The second-order valence-corrected chi connectivity index (χ2v) is 10.9. The fourth-order valence-corrected chi connectivity index (χ4v) is 6.74. The molecule has 0 saturated carbocycles. The number of fused-ring (bicyclic) bond motifs is 1. The molecule has 4 nitrogen and oxygen atoms in total. The highest BCUT2D eigenvalue weighted by atomic mass is 32.2. The molecule has 5 rings (SSSR count). The second kappa shape index (κ2) is 9.17. The molecule has 0 bridgehead atoms. The molecule has 1 aliphatic heterocycles. The van der Waals surface area contributed by atoms with Crippen LogP contribution in [-0.4, -0.2) is 30.4 Å². The summed E-state index contributed by atoms with van der Waals surface area (Å²) in [5.74, 6) is -1.91. The number of aromatic nitrogens is 1. The van der Waals surface area contributed by atoms with E-state index in [2.05, 4.69) is 10.6 Å². The van der Waals surface area contributed by atoms with Crippen LogP contribution in [0.15, 0.2) is 71.6 Å². The van der Waals surface area contributed by atoms with Crippen LogP contribution in [0.25, 0.3) is 10.9 Å². The van der Waals surface area contributed by atoms with Crippen LogP contribution in [0, 0.1) is 24.4 Å². The maximum Gasteiger partial charge on any atom is 0.246 e. The highest BCUT2D eigenvalue weighted by Gasteiger charge is 2.33. The maximum atomic E-state index is 14.2. The predicted molar refractivity (Wildman–Crippen MR) is 129 cm³/mol. The molecule has 1 fully saturated rings. The summed E-state index contributed by atoms with van der Waals surface area (Å²) in [5, 5.41) is 1.10. The number of halogens is 3. The van der Waals surface area contributed by atoms with Crippen molar-refractivity contribution >= 4 is 20.9 Å². The molecule has 0 aliphatic carbocycles. The zero-order valence-electron chi connectivity index (χ0n) is 19.2. The van der Waals surface area contributed by atoms with E-state index in [1.165, 1.54) is 16.4 Å². The lowest BCUT2D eigenvalue weighted by atomic mass is 9.88. The first kappa shape index (κ1) is 23.6. The maximum absolute atomic E-state index is 14.2. The van der Waals surface area contributed by atoms with Crippen molar-refractivity contribution in [2.75, 3.05) is 13.1 Å². The SMILES string of the molecule is Cc1c(C2CCN(S(=O)(=O)c3cc(F)ccc3F)CC2)c2ccccc2n1Cc1cccc(F)c1. The molecule has 0 unspecified atom stereocenters. The molecular weight excluding hydrogens is 473 g/mol. The Hall–Kier alpha value is -3.10. The van der Waals surface area contributed by atoms with Gasteiger partial charge in [0.1, 0.15) is 22.3 Å². The van der Waals surface area contributed by atoms with Gasteiger partial charge in [-0.3, -0.25) is 0 Å². The Kier molecular flexibility index (Phi) is 6.19. The number of hydrogen-bond donors (Lipinski definition) is 0. The van der Waals surface area contributed by atoms with Crippen molar-refractivity contribution in [2.24, 2.45) is 0 Å². The second-order valence-electron chi connectivity index (χ2n) is 8.99. The van der Waals surface area contributed by atoms with Gasteiger partial charge in [0.05, 0.1) is 0 Å². The van der Waals surface area contributed by atoms with Crippen molar-refractivity contribution < 1.29 is 21.6 Å². The van der Waals surface area contributed by atoms with Crippen molar-refractivity contribution in [3.8, 4) is 0 Å². The van der Waals surface area contributed by atoms with Gasteiger partial charge in [0.25, 0.3) is 0 Å². The number of rotatable bonds is 5. The minimum absolute atomic E-state index is 0.109. The molecule has 1 aliphatic rings. The lowest BCUT2D eigenvalue weighted by Gasteiger charge is -2.31. The molecule has 0 atom stereocenters. The van der Waals surface area contributed by atoms with Crippen LogP contribution < -0.4 is 0 Å². The average Bonchev–Trinajstić information content (AvgIpc) is 3.12. The zero-order chi connectivity index (χ0) is 24.7. The summed E-state index contributed by atoms with van der Waals surface area (Å²) in [5.41, 5.74) is 4.12. The van der Waals surface area contributed by atoms with Gasteiger partial charge in [0.2, 0.25) is 10.0 Å². The van der Waals surface area contributed by atoms with Gasteiger partial charge in [-0.15, -0.1) is 0 Å². The smallest absolute Gasteiger partial charge is 0.246 e. The first-order valence-corrected chi connectivity index (χ1v) is 13.0. The lowest BCUT2D eigenvalue weighted by Crippen LogP contribution is -2.38. The molecule has 35 heavy (non-hydrogen) atoms. The number of sulfonamides is 1. The van der Waals surface area contributed by atoms with Crippen molar-refractivity contribution in [3.05, 3.63) is 101 Å². The van der Waals surface area contributed by atoms with E-state index in [1.54, 1.807) is 6.07 Å². The summed E-state index contributed by atoms with van der Waals surface area (Å²) in [4.78, 5) is -0.626. The number of nitrogens with zero attached hydrogens (tertiary/aromatic N) is 2. The van der Waals surface area contributed by atoms with E-state index in [-0.39, 0.29) is 24.8 Å². The zero-order valence-corrected chi connectivity index (χ0v) is 20.0. The van der Waals surface area contributed by atoms with Gasteiger partial charge in [-0.1, -0.05) is 30.3 Å². The summed E-state index contributed by atoms with van der Waals surface area (Å²) in [6, 6.07) is 17.1. The number of benzene rings is 3. The number of piperidine rings is 1. The third kappa shape index (κ3) is 4.36. The van der Waals surface area contributed by atoms with Crippen LogP contribution in [0.1, 0.15) is 35.6 Å². The first-order chi connectivity index (χ1) is 16.8. The Labute approximate surface area is 202 Å². The molecule has 2 heterocycles. The van der Waals surface area contributed by atoms with Gasteiger partial charge < -0.3 is 4.57 Å². The standard InChI is InChI=1S/C27H25F3N2O2S/c1-18-27(23-7-2-3-8-25(23)32(18)17-19-5-4-6-21(28)15-19)20-11-13-31(14-12-20)35(33,34)26-16-22(29)9-10-24(26)30/h2-10,15-16,20H,11-14,17H2,1H3. The molecule has 8 heteroatoms. The van der Waals surface area contributed by atoms with E-state index in [0.717, 1.165) is 45.9 Å². The Bertz CT molecular complexity index is 1510. The average molecular weight is 499 g/mol. The molecule has 0 N–H and O–H groups in total. The van der Waals surface area contributed by atoms with Gasteiger partial charge in [0.15, 0.2) is 0 Å². The fraction of sp³-hybridized carbons (Fsp3) is 0.259. The van der Waals surface area contributed by atoms with E-state index >= 15 is 0 Å². The predicted octanol–water partition coefficient (Wildman–Crippen LogP) is 5.98. The van der Waals surface area contributed by atoms with Gasteiger partial charge in [0, 0.05) is 36.2 Å². The Morgan fingerprint density at radius 1 is 0.886 bits per heavy atom. The summed E-state index contributed by atoms with van der Waals surface area (Å²) in [6.45, 7) is 2.99. The molecular formula is C27H25F3N2O2S. The molecule has 3 aromatic carbocycles. The fourth-order valence-electron chi connectivity index (χ4n) is 5.19. The topological polar surface area (TPSA) is 42.3 Å². The molecule has 1 saturated heterocycles. The van der Waals surface area contributed by atoms with Crippen molar-refractivity contribution in [2.45, 2.75) is 37.1 Å². The Balaban J connectivity index is 1.44. The summed E-state index contributed by atoms with van der Waals surface area (Å²) in [6.07, 6.45) is 1.12. The van der Waals surface area contributed by atoms with Gasteiger partial charge in [-0.25, -0.2) is 21.6 Å². The minimum atomic E-state index is -4.14. The van der Waals surface area contributed by atoms with E-state index in [0.29, 0.717) is 19.4 Å². The molecule has 4 aromatic rings. The minimum Gasteiger partial charge on any atom is -0.340 e. The van der Waals surface area contributed by atoms with Crippen LogP contribution >= 0.6 is 0 Å². The molecule has 182 valence electrons. The van der Waals surface area contributed by atoms with E-state index < -0.39 is 26.6 Å². The third-order valence-electron chi connectivity index (χ3n) is 6.88. The Morgan fingerprint density at radius 2 is 1.60 bits per heavy atom. The summed E-state index contributed by atoms with van der Waals surface area (Å²) in [7, 11) is -4.14. The van der Waals surface area contributed by atoms with Gasteiger partial charge in [-0.2, -0.15) is 4.31 Å². The van der Waals surface area contributed by atoms with Crippen molar-refractivity contribution in [3.63, 3.8) is 0 Å². The highest BCUT2D eigenvalue weighted by Crippen LogP contribution is 2.39. The largest absolute Gasteiger partial charge is 0.340 e. The number of hydrogen-bond acceptors (Lipinski definition) is 2. The lowest BCUT2D eigenvalue weighted by molar-refractivity contribution is 0.318. The molecule has 0 radical (unpaired) electrons. The van der Waals surface area contributed by atoms with Crippen molar-refractivity contribution in [1.82, 2.24) is 8.87 Å². The normalized spacial score (nSPS) is 15.7. The van der Waals surface area contributed by atoms with Crippen LogP contribution in [0.3, 0.4) is 0 Å². The van der Waals surface area contributed by atoms with Crippen molar-refractivity contribution in [1.29, 1.82) is 0 Å². The van der Waals surface area contributed by atoms with E-state index in [4.69, 9.17) is 0 Å². The number of para-hydroxylation sites is 1. The molecule has 0 amide bonds. The van der Waals surface area contributed by atoms with E-state index in [1.807, 2.05) is 31.2 Å². The van der Waals surface area contributed by atoms with Gasteiger partial charge >= 0.3 is 0 Å². The molecule has 1 aromatic heterocycles. The van der Waals surface area contributed by atoms with Crippen LogP contribution in [0.2, 0.25) is 0 Å². The Morgan fingerprint density at radius 3 is 2.34 bits per heavy atom. The highest BCUT2D eigenvalue weighted by molar-refractivity contribution is 7.89. The summed E-state index contributed by atoms with van der Waals surface area (Å²) < 4.78 is 71.0. The first-order valence-electron chi connectivity index (χ1n) is 11.5. The van der Waals surface area contributed by atoms with Crippen LogP contribution in [0.4, 0.5) is 13.2 Å². The van der Waals surface area contributed by atoms with Gasteiger partial charge in [-0.05, 0) is 73.2 Å². The monoisotopic (exact) mass is 498 g/mol. The van der Waals surface area contributed by atoms with Crippen LogP contribution in [-0.2, 0) is 16.6 Å². The quantitative estimate of drug-likeness (QED) is 0.340. The third-order valence-corrected chi connectivity index (χ3v) is 8.80. The summed E-state index contributed by atoms with van der Waals surface area (Å²) >= 11 is 0. The van der Waals surface area contributed by atoms with Crippen LogP contribution in [0.5, 0.6) is 0 Å².